The summed E-state index contributed by atoms with van der Waals surface area (Å²) in [5.41, 5.74) is 0.990. The van der Waals surface area contributed by atoms with Gasteiger partial charge in [0.25, 0.3) is 5.91 Å². The minimum absolute atomic E-state index is 0.0536. The van der Waals surface area contributed by atoms with Gasteiger partial charge < -0.3 is 20.3 Å². The van der Waals surface area contributed by atoms with Crippen LogP contribution in [0.2, 0.25) is 0 Å². The molecule has 0 aliphatic carbocycles. The summed E-state index contributed by atoms with van der Waals surface area (Å²) in [6, 6.07) is 11.5. The van der Waals surface area contributed by atoms with Crippen molar-refractivity contribution in [2.45, 2.75) is 19.4 Å². The zero-order chi connectivity index (χ0) is 17.5. The second kappa shape index (κ2) is 8.47. The molecule has 0 fully saturated rings. The van der Waals surface area contributed by atoms with Crippen LogP contribution in [-0.2, 0) is 4.79 Å². The molecule has 0 aliphatic rings. The third-order valence-corrected chi connectivity index (χ3v) is 4.41. The first-order chi connectivity index (χ1) is 11.5. The summed E-state index contributed by atoms with van der Waals surface area (Å²) < 4.78 is 5.53. The highest BCUT2D eigenvalue weighted by atomic mass is 32.1. The SMILES string of the molecule is CCOc1cc(-c2ccccc2)sc1C(=O)NCC[C@H](O)C(=O)O. The summed E-state index contributed by atoms with van der Waals surface area (Å²) in [4.78, 5) is 24.2. The molecule has 24 heavy (non-hydrogen) atoms. The van der Waals surface area contributed by atoms with E-state index in [1.165, 1.54) is 11.3 Å². The molecule has 0 bridgehead atoms. The van der Waals surface area contributed by atoms with E-state index in [1.807, 2.05) is 43.3 Å². The minimum atomic E-state index is -1.49. The van der Waals surface area contributed by atoms with Crippen LogP contribution in [0.4, 0.5) is 0 Å². The Hall–Kier alpha value is -2.38. The van der Waals surface area contributed by atoms with Crippen molar-refractivity contribution < 1.29 is 24.5 Å². The number of carbonyl (C=O) groups is 2. The Balaban J connectivity index is 2.11. The molecule has 0 saturated heterocycles. The average molecular weight is 349 g/mol. The van der Waals surface area contributed by atoms with Crippen LogP contribution in [0.15, 0.2) is 36.4 Å². The highest BCUT2D eigenvalue weighted by Gasteiger charge is 2.19. The van der Waals surface area contributed by atoms with Gasteiger partial charge in [0.05, 0.1) is 6.61 Å². The van der Waals surface area contributed by atoms with Gasteiger partial charge in [-0.25, -0.2) is 4.79 Å². The molecule has 0 radical (unpaired) electrons. The lowest BCUT2D eigenvalue weighted by Gasteiger charge is -2.08. The summed E-state index contributed by atoms with van der Waals surface area (Å²) >= 11 is 1.31. The van der Waals surface area contributed by atoms with Crippen LogP contribution in [-0.4, -0.2) is 41.3 Å². The van der Waals surface area contributed by atoms with E-state index in [2.05, 4.69) is 5.32 Å². The van der Waals surface area contributed by atoms with Gasteiger partial charge in [-0.05, 0) is 18.6 Å². The van der Waals surface area contributed by atoms with Crippen molar-refractivity contribution in [2.75, 3.05) is 13.2 Å². The molecule has 1 aromatic heterocycles. The van der Waals surface area contributed by atoms with E-state index in [4.69, 9.17) is 9.84 Å². The number of carboxylic acids is 1. The number of amides is 1. The Morgan fingerprint density at radius 2 is 2.00 bits per heavy atom. The van der Waals surface area contributed by atoms with E-state index in [0.29, 0.717) is 17.2 Å². The minimum Gasteiger partial charge on any atom is -0.492 e. The highest BCUT2D eigenvalue weighted by Crippen LogP contribution is 2.36. The standard InChI is InChI=1S/C17H19NO5S/c1-2-23-13-10-14(11-6-4-3-5-7-11)24-15(13)16(20)18-9-8-12(19)17(21)22/h3-7,10,12,19H,2,8-9H2,1H3,(H,18,20)(H,21,22)/t12-/m0/s1. The van der Waals surface area contributed by atoms with Crippen molar-refractivity contribution >= 4 is 23.2 Å². The summed E-state index contributed by atoms with van der Waals surface area (Å²) in [6.07, 6.45) is -1.54. The van der Waals surface area contributed by atoms with Crippen molar-refractivity contribution in [3.8, 4) is 16.2 Å². The van der Waals surface area contributed by atoms with Crippen molar-refractivity contribution in [3.63, 3.8) is 0 Å². The van der Waals surface area contributed by atoms with Crippen molar-refractivity contribution in [3.05, 3.63) is 41.3 Å². The molecule has 1 amide bonds. The van der Waals surface area contributed by atoms with Crippen LogP contribution in [0.25, 0.3) is 10.4 Å². The van der Waals surface area contributed by atoms with Gasteiger partial charge in [0.1, 0.15) is 10.6 Å². The van der Waals surface area contributed by atoms with Crippen molar-refractivity contribution in [1.82, 2.24) is 5.32 Å². The number of ether oxygens (including phenoxy) is 1. The van der Waals surface area contributed by atoms with E-state index >= 15 is 0 Å². The molecule has 1 aromatic carbocycles. The van der Waals surface area contributed by atoms with Gasteiger partial charge in [-0.2, -0.15) is 0 Å². The molecule has 0 saturated carbocycles. The lowest BCUT2D eigenvalue weighted by molar-refractivity contribution is -0.146. The number of nitrogens with one attached hydrogen (secondary N) is 1. The third kappa shape index (κ3) is 4.56. The fourth-order valence-corrected chi connectivity index (χ4v) is 3.09. The topological polar surface area (TPSA) is 95.9 Å². The predicted molar refractivity (Wildman–Crippen MR) is 91.5 cm³/mol. The van der Waals surface area contributed by atoms with Gasteiger partial charge in [0.2, 0.25) is 0 Å². The summed E-state index contributed by atoms with van der Waals surface area (Å²) in [6.45, 7) is 2.34. The normalized spacial score (nSPS) is 11.8. The van der Waals surface area contributed by atoms with E-state index in [9.17, 15) is 14.7 Å². The Kier molecular flexibility index (Phi) is 6.34. The number of carbonyl (C=O) groups excluding carboxylic acids is 1. The number of aliphatic hydroxyl groups excluding tert-OH is 1. The number of hydrogen-bond acceptors (Lipinski definition) is 5. The first-order valence-corrected chi connectivity index (χ1v) is 8.35. The van der Waals surface area contributed by atoms with Crippen LogP contribution in [0.5, 0.6) is 5.75 Å². The molecule has 1 heterocycles. The first-order valence-electron chi connectivity index (χ1n) is 7.54. The number of aliphatic carboxylic acids is 1. The van der Waals surface area contributed by atoms with Gasteiger partial charge in [-0.1, -0.05) is 30.3 Å². The van der Waals surface area contributed by atoms with Gasteiger partial charge in [0, 0.05) is 17.8 Å². The molecule has 0 aliphatic heterocycles. The molecule has 1 atom stereocenters. The van der Waals surface area contributed by atoms with Gasteiger partial charge in [-0.3, -0.25) is 4.79 Å². The molecule has 7 heteroatoms. The van der Waals surface area contributed by atoms with Crippen LogP contribution < -0.4 is 10.1 Å². The second-order valence-corrected chi connectivity index (χ2v) is 6.05. The Morgan fingerprint density at radius 3 is 2.62 bits per heavy atom. The van der Waals surface area contributed by atoms with E-state index < -0.39 is 12.1 Å². The number of benzene rings is 1. The van der Waals surface area contributed by atoms with Crippen LogP contribution in [0.3, 0.4) is 0 Å². The molecule has 2 rings (SSSR count). The monoisotopic (exact) mass is 349 g/mol. The maximum atomic E-state index is 12.3. The summed E-state index contributed by atoms with van der Waals surface area (Å²) in [5.74, 6) is -1.15. The van der Waals surface area contributed by atoms with Crippen LogP contribution in [0, 0.1) is 0 Å². The zero-order valence-corrected chi connectivity index (χ0v) is 14.0. The van der Waals surface area contributed by atoms with Crippen LogP contribution >= 0.6 is 11.3 Å². The molecule has 0 unspecified atom stereocenters. The highest BCUT2D eigenvalue weighted by molar-refractivity contribution is 7.17. The Bertz CT molecular complexity index is 698. The van der Waals surface area contributed by atoms with Crippen molar-refractivity contribution in [1.29, 1.82) is 0 Å². The first kappa shape index (κ1) is 18.0. The maximum Gasteiger partial charge on any atom is 0.332 e. The van der Waals surface area contributed by atoms with Gasteiger partial charge in [0.15, 0.2) is 6.10 Å². The molecule has 0 spiro atoms. The Labute approximate surface area is 143 Å². The fourth-order valence-electron chi connectivity index (χ4n) is 2.07. The lowest BCUT2D eigenvalue weighted by Crippen LogP contribution is -2.29. The zero-order valence-electron chi connectivity index (χ0n) is 13.2. The number of aliphatic hydroxyl groups is 1. The fraction of sp³-hybridized carbons (Fsp3) is 0.294. The van der Waals surface area contributed by atoms with E-state index in [0.717, 1.165) is 10.4 Å². The molecule has 3 N–H and O–H groups in total. The smallest absolute Gasteiger partial charge is 0.332 e. The quantitative estimate of drug-likeness (QED) is 0.680. The van der Waals surface area contributed by atoms with Crippen molar-refractivity contribution in [2.24, 2.45) is 0 Å². The number of carboxylic acid groups (broad SMARTS) is 1. The Morgan fingerprint density at radius 1 is 1.29 bits per heavy atom. The lowest BCUT2D eigenvalue weighted by atomic mass is 10.2. The number of hydrogen-bond donors (Lipinski definition) is 3. The number of rotatable bonds is 8. The van der Waals surface area contributed by atoms with Crippen LogP contribution in [0.1, 0.15) is 23.0 Å². The average Bonchev–Trinajstić information content (AvgIpc) is 3.00. The maximum absolute atomic E-state index is 12.3. The van der Waals surface area contributed by atoms with E-state index in [1.54, 1.807) is 0 Å². The number of thiophene rings is 1. The molecular weight excluding hydrogens is 330 g/mol. The molecule has 128 valence electrons. The molecular formula is C17H19NO5S. The molecule has 6 nitrogen and oxygen atoms in total. The van der Waals surface area contributed by atoms with E-state index in [-0.39, 0.29) is 18.9 Å². The third-order valence-electron chi connectivity index (χ3n) is 3.25. The van der Waals surface area contributed by atoms with Gasteiger partial charge >= 0.3 is 5.97 Å². The largest absolute Gasteiger partial charge is 0.492 e. The molecule has 2 aromatic rings. The summed E-state index contributed by atoms with van der Waals surface area (Å²) in [7, 11) is 0. The summed E-state index contributed by atoms with van der Waals surface area (Å²) in [5, 5.41) is 20.5. The second-order valence-electron chi connectivity index (χ2n) is 5.00. The van der Waals surface area contributed by atoms with Gasteiger partial charge in [-0.15, -0.1) is 11.3 Å². The predicted octanol–water partition coefficient (Wildman–Crippen LogP) is 2.38.